The van der Waals surface area contributed by atoms with Crippen LogP contribution in [0.2, 0.25) is 0 Å². The molecule has 0 radical (unpaired) electrons. The highest BCUT2D eigenvalue weighted by atomic mass is 16.5. The largest absolute Gasteiger partial charge is 0.481 e. The van der Waals surface area contributed by atoms with Crippen LogP contribution in [0.1, 0.15) is 37.4 Å². The predicted octanol–water partition coefficient (Wildman–Crippen LogP) is 1.10. The van der Waals surface area contributed by atoms with Crippen molar-refractivity contribution in [2.24, 2.45) is 11.8 Å². The molecular weight excluding hydrogens is 234 g/mol. The Labute approximate surface area is 105 Å². The van der Waals surface area contributed by atoms with Crippen molar-refractivity contribution < 1.29 is 14.4 Å². The number of aliphatic carboxylic acids is 1. The standard InChI is InChI=1S/C12H17N3O3/c1-7-4-15(5-9(7)12(16)17)6-10-13-11(14-18-10)8-2-3-8/h7-9H,2-6H2,1H3,(H,16,17). The van der Waals surface area contributed by atoms with Crippen molar-refractivity contribution in [1.82, 2.24) is 15.0 Å². The molecule has 18 heavy (non-hydrogen) atoms. The normalized spacial score (nSPS) is 28.7. The third kappa shape index (κ3) is 2.25. The molecule has 6 nitrogen and oxygen atoms in total. The molecule has 2 aliphatic rings. The highest BCUT2D eigenvalue weighted by Gasteiger charge is 2.35. The van der Waals surface area contributed by atoms with Crippen LogP contribution in [-0.2, 0) is 11.3 Å². The van der Waals surface area contributed by atoms with E-state index in [4.69, 9.17) is 9.63 Å². The van der Waals surface area contributed by atoms with E-state index in [1.165, 1.54) is 0 Å². The number of rotatable bonds is 4. The summed E-state index contributed by atoms with van der Waals surface area (Å²) in [5, 5.41) is 13.0. The fraction of sp³-hybridized carbons (Fsp3) is 0.750. The molecule has 1 aliphatic heterocycles. The Hall–Kier alpha value is -1.43. The van der Waals surface area contributed by atoms with E-state index in [2.05, 4.69) is 15.0 Å². The lowest BCUT2D eigenvalue weighted by molar-refractivity contribution is -0.142. The first-order chi connectivity index (χ1) is 8.63. The molecule has 98 valence electrons. The molecule has 1 saturated heterocycles. The van der Waals surface area contributed by atoms with Gasteiger partial charge in [-0.3, -0.25) is 9.69 Å². The van der Waals surface area contributed by atoms with Crippen LogP contribution < -0.4 is 0 Å². The minimum atomic E-state index is -0.714. The van der Waals surface area contributed by atoms with Crippen LogP contribution in [0.5, 0.6) is 0 Å². The first kappa shape index (κ1) is 11.6. The number of carboxylic acids is 1. The lowest BCUT2D eigenvalue weighted by Gasteiger charge is -2.11. The predicted molar refractivity (Wildman–Crippen MR) is 61.8 cm³/mol. The second-order valence-corrected chi connectivity index (χ2v) is 5.44. The van der Waals surface area contributed by atoms with Gasteiger partial charge in [0, 0.05) is 19.0 Å². The highest BCUT2D eigenvalue weighted by molar-refractivity contribution is 5.71. The van der Waals surface area contributed by atoms with Crippen LogP contribution >= 0.6 is 0 Å². The van der Waals surface area contributed by atoms with Gasteiger partial charge in [0.1, 0.15) is 0 Å². The number of carboxylic acid groups (broad SMARTS) is 1. The Morgan fingerprint density at radius 2 is 2.28 bits per heavy atom. The lowest BCUT2D eigenvalue weighted by Crippen LogP contribution is -2.23. The minimum absolute atomic E-state index is 0.174. The van der Waals surface area contributed by atoms with Crippen LogP contribution in [0.15, 0.2) is 4.52 Å². The number of hydrogen-bond donors (Lipinski definition) is 1. The molecule has 1 saturated carbocycles. The van der Waals surface area contributed by atoms with Gasteiger partial charge in [-0.05, 0) is 18.8 Å². The maximum absolute atomic E-state index is 11.0. The fourth-order valence-corrected chi connectivity index (χ4v) is 2.55. The summed E-state index contributed by atoms with van der Waals surface area (Å²) in [6.45, 7) is 3.88. The van der Waals surface area contributed by atoms with E-state index in [-0.39, 0.29) is 11.8 Å². The van der Waals surface area contributed by atoms with Gasteiger partial charge in [-0.15, -0.1) is 0 Å². The molecule has 0 spiro atoms. The first-order valence-electron chi connectivity index (χ1n) is 6.41. The average molecular weight is 251 g/mol. The summed E-state index contributed by atoms with van der Waals surface area (Å²) < 4.78 is 5.21. The Kier molecular flexibility index (Phi) is 2.81. The summed E-state index contributed by atoms with van der Waals surface area (Å²) in [5.41, 5.74) is 0. The maximum atomic E-state index is 11.0. The first-order valence-corrected chi connectivity index (χ1v) is 6.41. The van der Waals surface area contributed by atoms with Gasteiger partial charge in [-0.25, -0.2) is 0 Å². The van der Waals surface area contributed by atoms with Crippen molar-refractivity contribution in [2.75, 3.05) is 13.1 Å². The quantitative estimate of drug-likeness (QED) is 0.863. The van der Waals surface area contributed by atoms with Crippen LogP contribution in [0.25, 0.3) is 0 Å². The molecule has 1 aliphatic carbocycles. The number of likely N-dealkylation sites (tertiary alicyclic amines) is 1. The van der Waals surface area contributed by atoms with E-state index in [1.54, 1.807) is 0 Å². The average Bonchev–Trinajstić information content (AvgIpc) is 2.95. The zero-order valence-electron chi connectivity index (χ0n) is 10.4. The molecule has 1 aromatic rings. The molecule has 1 aromatic heterocycles. The number of aromatic nitrogens is 2. The molecule has 2 unspecified atom stereocenters. The van der Waals surface area contributed by atoms with Crippen molar-refractivity contribution in [3.63, 3.8) is 0 Å². The summed E-state index contributed by atoms with van der Waals surface area (Å²) in [5.74, 6) is 1.09. The van der Waals surface area contributed by atoms with E-state index in [9.17, 15) is 4.79 Å². The molecule has 6 heteroatoms. The van der Waals surface area contributed by atoms with Crippen LogP contribution in [-0.4, -0.2) is 39.2 Å². The number of nitrogens with zero attached hydrogens (tertiary/aromatic N) is 3. The van der Waals surface area contributed by atoms with Gasteiger partial charge >= 0.3 is 5.97 Å². The van der Waals surface area contributed by atoms with E-state index in [0.717, 1.165) is 25.2 Å². The Bertz CT molecular complexity index is 455. The molecule has 2 fully saturated rings. The van der Waals surface area contributed by atoms with Gasteiger partial charge < -0.3 is 9.63 Å². The topological polar surface area (TPSA) is 79.5 Å². The van der Waals surface area contributed by atoms with E-state index < -0.39 is 5.97 Å². The summed E-state index contributed by atoms with van der Waals surface area (Å²) in [6.07, 6.45) is 2.31. The van der Waals surface area contributed by atoms with Gasteiger partial charge in [0.2, 0.25) is 5.89 Å². The van der Waals surface area contributed by atoms with Crippen LogP contribution in [0.3, 0.4) is 0 Å². The number of hydrogen-bond acceptors (Lipinski definition) is 5. The third-order valence-corrected chi connectivity index (χ3v) is 3.79. The van der Waals surface area contributed by atoms with Crippen molar-refractivity contribution in [3.8, 4) is 0 Å². The van der Waals surface area contributed by atoms with Crippen molar-refractivity contribution in [2.45, 2.75) is 32.2 Å². The second-order valence-electron chi connectivity index (χ2n) is 5.44. The molecule has 0 bridgehead atoms. The number of carbonyl (C=O) groups is 1. The molecule has 0 aromatic carbocycles. The molecule has 1 N–H and O–H groups in total. The van der Waals surface area contributed by atoms with Crippen molar-refractivity contribution >= 4 is 5.97 Å². The smallest absolute Gasteiger partial charge is 0.308 e. The zero-order chi connectivity index (χ0) is 12.7. The minimum Gasteiger partial charge on any atom is -0.481 e. The van der Waals surface area contributed by atoms with Gasteiger partial charge in [-0.2, -0.15) is 4.98 Å². The Balaban J connectivity index is 1.61. The zero-order valence-corrected chi connectivity index (χ0v) is 10.4. The van der Waals surface area contributed by atoms with Gasteiger partial charge in [0.25, 0.3) is 0 Å². The van der Waals surface area contributed by atoms with E-state index >= 15 is 0 Å². The lowest BCUT2D eigenvalue weighted by atomic mass is 9.99. The van der Waals surface area contributed by atoms with Gasteiger partial charge in [-0.1, -0.05) is 12.1 Å². The molecule has 2 heterocycles. The van der Waals surface area contributed by atoms with Gasteiger partial charge in [0.05, 0.1) is 12.5 Å². The van der Waals surface area contributed by atoms with Crippen molar-refractivity contribution in [1.29, 1.82) is 0 Å². The fourth-order valence-electron chi connectivity index (χ4n) is 2.55. The molecule has 0 amide bonds. The SMILES string of the molecule is CC1CN(Cc2nc(C3CC3)no2)CC1C(=O)O. The van der Waals surface area contributed by atoms with E-state index in [1.807, 2.05) is 6.92 Å². The van der Waals surface area contributed by atoms with E-state index in [0.29, 0.717) is 24.9 Å². The maximum Gasteiger partial charge on any atom is 0.308 e. The molecular formula is C12H17N3O3. The van der Waals surface area contributed by atoms with Crippen LogP contribution in [0, 0.1) is 11.8 Å². The second kappa shape index (κ2) is 4.35. The summed E-state index contributed by atoms with van der Waals surface area (Å²) in [4.78, 5) is 17.5. The summed E-state index contributed by atoms with van der Waals surface area (Å²) >= 11 is 0. The van der Waals surface area contributed by atoms with Gasteiger partial charge in [0.15, 0.2) is 5.82 Å². The monoisotopic (exact) mass is 251 g/mol. The third-order valence-electron chi connectivity index (χ3n) is 3.79. The molecule has 3 rings (SSSR count). The summed E-state index contributed by atoms with van der Waals surface area (Å²) in [7, 11) is 0. The van der Waals surface area contributed by atoms with Crippen LogP contribution in [0.4, 0.5) is 0 Å². The Morgan fingerprint density at radius 3 is 2.89 bits per heavy atom. The molecule has 2 atom stereocenters. The summed E-state index contributed by atoms with van der Waals surface area (Å²) in [6, 6.07) is 0. The van der Waals surface area contributed by atoms with Crippen molar-refractivity contribution in [3.05, 3.63) is 11.7 Å². The Morgan fingerprint density at radius 1 is 1.50 bits per heavy atom. The highest BCUT2D eigenvalue weighted by Crippen LogP contribution is 2.38.